The fourth-order valence-corrected chi connectivity index (χ4v) is 2.51. The van der Waals surface area contributed by atoms with Crippen molar-refractivity contribution in [2.45, 2.75) is 12.8 Å². The van der Waals surface area contributed by atoms with Crippen LogP contribution in [0.1, 0.15) is 18.5 Å². The van der Waals surface area contributed by atoms with Crippen LogP contribution in [0.3, 0.4) is 0 Å². The third-order valence-corrected chi connectivity index (χ3v) is 3.61. The maximum absolute atomic E-state index is 12.9. The molecule has 3 N–H and O–H groups in total. The predicted octanol–water partition coefficient (Wildman–Crippen LogP) is 2.65. The Labute approximate surface area is 119 Å². The lowest BCUT2D eigenvalue weighted by atomic mass is 10.1. The highest BCUT2D eigenvalue weighted by molar-refractivity contribution is 7.13. The molecule has 2 rings (SSSR count). The van der Waals surface area contributed by atoms with Gasteiger partial charge in [0.05, 0.1) is 5.69 Å². The van der Waals surface area contributed by atoms with Crippen molar-refractivity contribution in [1.29, 1.82) is 0 Å². The van der Waals surface area contributed by atoms with Crippen molar-refractivity contribution in [3.8, 4) is 10.6 Å². The number of ether oxygens (including phenoxy) is 1. The summed E-state index contributed by atoms with van der Waals surface area (Å²) in [6, 6.07) is 6.16. The largest absolute Gasteiger partial charge is 0.448 e. The van der Waals surface area contributed by atoms with E-state index in [0.29, 0.717) is 0 Å². The van der Waals surface area contributed by atoms with Crippen molar-refractivity contribution < 1.29 is 13.9 Å². The second-order valence-electron chi connectivity index (χ2n) is 4.23. The van der Waals surface area contributed by atoms with Crippen LogP contribution < -0.4 is 11.3 Å². The highest BCUT2D eigenvalue weighted by Crippen LogP contribution is 2.27. The molecule has 0 radical (unpaired) electrons. The first-order valence-electron chi connectivity index (χ1n) is 5.95. The first kappa shape index (κ1) is 14.4. The molecule has 0 aliphatic heterocycles. The number of halogens is 1. The first-order chi connectivity index (χ1) is 9.60. The maximum Gasteiger partial charge on any atom is 0.421 e. The van der Waals surface area contributed by atoms with Crippen LogP contribution in [0.2, 0.25) is 0 Å². The number of nitrogens with two attached hydrogens (primary N) is 1. The number of hydrogen-bond acceptors (Lipinski definition) is 5. The van der Waals surface area contributed by atoms with Gasteiger partial charge in [0.25, 0.3) is 0 Å². The topological polar surface area (TPSA) is 77.2 Å². The molecule has 1 unspecified atom stereocenters. The Balaban J connectivity index is 2.04. The number of aromatic nitrogens is 1. The van der Waals surface area contributed by atoms with Gasteiger partial charge in [-0.05, 0) is 24.3 Å². The average Bonchev–Trinajstić information content (AvgIpc) is 2.95. The van der Waals surface area contributed by atoms with Crippen molar-refractivity contribution in [3.05, 3.63) is 41.2 Å². The van der Waals surface area contributed by atoms with E-state index >= 15 is 0 Å². The van der Waals surface area contributed by atoms with E-state index in [1.165, 1.54) is 23.5 Å². The molecule has 0 spiro atoms. The van der Waals surface area contributed by atoms with Crippen LogP contribution in [0.25, 0.3) is 10.6 Å². The minimum atomic E-state index is -0.675. The maximum atomic E-state index is 12.9. The summed E-state index contributed by atoms with van der Waals surface area (Å²) in [5.74, 6) is 4.60. The Hall–Kier alpha value is -1.99. The molecule has 0 saturated carbocycles. The second kappa shape index (κ2) is 6.44. The van der Waals surface area contributed by atoms with Gasteiger partial charge in [-0.3, -0.25) is 5.43 Å². The number of hydrazine groups is 1. The van der Waals surface area contributed by atoms with Crippen LogP contribution in [-0.2, 0) is 4.74 Å². The lowest BCUT2D eigenvalue weighted by Gasteiger charge is -2.08. The summed E-state index contributed by atoms with van der Waals surface area (Å²) in [7, 11) is 0. The van der Waals surface area contributed by atoms with E-state index < -0.39 is 6.09 Å². The van der Waals surface area contributed by atoms with E-state index in [0.717, 1.165) is 16.3 Å². The Morgan fingerprint density at radius 2 is 2.20 bits per heavy atom. The van der Waals surface area contributed by atoms with Gasteiger partial charge < -0.3 is 4.74 Å². The minimum Gasteiger partial charge on any atom is -0.448 e. The van der Waals surface area contributed by atoms with E-state index in [-0.39, 0.29) is 18.3 Å². The van der Waals surface area contributed by atoms with Gasteiger partial charge in [-0.15, -0.1) is 11.3 Å². The standard InChI is InChI=1S/C13H14FN3O2S/c1-8(6-19-13(18)17-15)11-7-20-12(16-11)9-2-4-10(14)5-3-9/h2-5,7-8H,6,15H2,1H3,(H,17,18). The van der Waals surface area contributed by atoms with E-state index in [4.69, 9.17) is 10.6 Å². The van der Waals surface area contributed by atoms with Gasteiger partial charge in [0.15, 0.2) is 0 Å². The summed E-state index contributed by atoms with van der Waals surface area (Å²) in [6.07, 6.45) is -0.675. The van der Waals surface area contributed by atoms with E-state index in [2.05, 4.69) is 4.98 Å². The Kier molecular flexibility index (Phi) is 4.65. The molecule has 0 fully saturated rings. The number of nitrogens with one attached hydrogen (secondary N) is 1. The average molecular weight is 295 g/mol. The van der Waals surface area contributed by atoms with Gasteiger partial charge in [-0.25, -0.2) is 20.0 Å². The van der Waals surface area contributed by atoms with Crippen molar-refractivity contribution >= 4 is 17.4 Å². The molecule has 1 amide bonds. The van der Waals surface area contributed by atoms with Gasteiger partial charge >= 0.3 is 6.09 Å². The normalized spacial score (nSPS) is 11.9. The highest BCUT2D eigenvalue weighted by atomic mass is 32.1. The molecule has 7 heteroatoms. The molecule has 0 saturated heterocycles. The third kappa shape index (κ3) is 3.52. The lowest BCUT2D eigenvalue weighted by Crippen LogP contribution is -2.31. The fourth-order valence-electron chi connectivity index (χ4n) is 1.57. The summed E-state index contributed by atoms with van der Waals surface area (Å²) in [4.78, 5) is 15.4. The number of carbonyl (C=O) groups excluding carboxylic acids is 1. The molecule has 20 heavy (non-hydrogen) atoms. The summed E-state index contributed by atoms with van der Waals surface area (Å²) in [6.45, 7) is 2.09. The SMILES string of the molecule is CC(COC(=O)NN)c1csc(-c2ccc(F)cc2)n1. The number of rotatable bonds is 4. The molecular formula is C13H14FN3O2S. The summed E-state index contributed by atoms with van der Waals surface area (Å²) < 4.78 is 17.7. The number of benzene rings is 1. The molecule has 1 aromatic heterocycles. The number of carbonyl (C=O) groups is 1. The summed E-state index contributed by atoms with van der Waals surface area (Å²) in [5.41, 5.74) is 3.57. The van der Waals surface area contributed by atoms with Crippen LogP contribution in [-0.4, -0.2) is 17.7 Å². The Morgan fingerprint density at radius 1 is 1.50 bits per heavy atom. The minimum absolute atomic E-state index is 0.0438. The van der Waals surface area contributed by atoms with Crippen LogP contribution in [0.4, 0.5) is 9.18 Å². The lowest BCUT2D eigenvalue weighted by molar-refractivity contribution is 0.140. The molecular weight excluding hydrogens is 281 g/mol. The molecule has 5 nitrogen and oxygen atoms in total. The van der Waals surface area contributed by atoms with E-state index in [1.54, 1.807) is 12.1 Å². The predicted molar refractivity (Wildman–Crippen MR) is 74.6 cm³/mol. The Bertz CT molecular complexity index is 586. The number of thiazole rings is 1. The quantitative estimate of drug-likeness (QED) is 0.516. The van der Waals surface area contributed by atoms with Crippen molar-refractivity contribution in [2.75, 3.05) is 6.61 Å². The van der Waals surface area contributed by atoms with Crippen molar-refractivity contribution in [2.24, 2.45) is 5.84 Å². The summed E-state index contributed by atoms with van der Waals surface area (Å²) >= 11 is 1.46. The number of hydrogen-bond donors (Lipinski definition) is 2. The van der Waals surface area contributed by atoms with Crippen LogP contribution in [0.5, 0.6) is 0 Å². The van der Waals surface area contributed by atoms with Gasteiger partial charge in [-0.2, -0.15) is 0 Å². The molecule has 0 aliphatic rings. The number of nitrogens with zero attached hydrogens (tertiary/aromatic N) is 1. The summed E-state index contributed by atoms with van der Waals surface area (Å²) in [5, 5.41) is 2.70. The van der Waals surface area contributed by atoms with Crippen molar-refractivity contribution in [1.82, 2.24) is 10.4 Å². The molecule has 2 aromatic rings. The monoisotopic (exact) mass is 295 g/mol. The molecule has 1 aromatic carbocycles. The zero-order valence-corrected chi connectivity index (χ0v) is 11.6. The smallest absolute Gasteiger partial charge is 0.421 e. The Morgan fingerprint density at radius 3 is 2.85 bits per heavy atom. The molecule has 1 atom stereocenters. The molecule has 0 bridgehead atoms. The van der Waals surface area contributed by atoms with Crippen LogP contribution in [0, 0.1) is 5.82 Å². The van der Waals surface area contributed by atoms with Gasteiger partial charge in [0.2, 0.25) is 0 Å². The third-order valence-electron chi connectivity index (χ3n) is 2.70. The van der Waals surface area contributed by atoms with Crippen LogP contribution in [0.15, 0.2) is 29.6 Å². The zero-order valence-electron chi connectivity index (χ0n) is 10.8. The molecule has 106 valence electrons. The number of amides is 1. The van der Waals surface area contributed by atoms with Gasteiger partial charge in [0, 0.05) is 16.9 Å². The van der Waals surface area contributed by atoms with Gasteiger partial charge in [-0.1, -0.05) is 6.92 Å². The fraction of sp³-hybridized carbons (Fsp3) is 0.231. The first-order valence-corrected chi connectivity index (χ1v) is 6.83. The molecule has 1 heterocycles. The van der Waals surface area contributed by atoms with Gasteiger partial charge in [0.1, 0.15) is 17.4 Å². The zero-order chi connectivity index (χ0) is 14.5. The van der Waals surface area contributed by atoms with Crippen molar-refractivity contribution in [3.63, 3.8) is 0 Å². The van der Waals surface area contributed by atoms with E-state index in [1.807, 2.05) is 17.7 Å². The van der Waals surface area contributed by atoms with E-state index in [9.17, 15) is 9.18 Å². The highest BCUT2D eigenvalue weighted by Gasteiger charge is 2.13. The molecule has 0 aliphatic carbocycles. The van der Waals surface area contributed by atoms with Crippen LogP contribution >= 0.6 is 11.3 Å². The second-order valence-corrected chi connectivity index (χ2v) is 5.09.